The van der Waals surface area contributed by atoms with E-state index in [1.165, 1.54) is 4.90 Å². The first-order chi connectivity index (χ1) is 20.2. The summed E-state index contributed by atoms with van der Waals surface area (Å²) in [6.07, 6.45) is 7.80. The maximum Gasteiger partial charge on any atom is 0.329 e. The highest BCUT2D eigenvalue weighted by Crippen LogP contribution is 2.30. The Labute approximate surface area is 250 Å². The zero-order valence-electron chi connectivity index (χ0n) is 25.5. The van der Waals surface area contributed by atoms with Crippen LogP contribution in [-0.2, 0) is 30.3 Å². The molecule has 0 saturated carbocycles. The largest absolute Gasteiger partial charge is 0.494 e. The van der Waals surface area contributed by atoms with E-state index < -0.39 is 35.2 Å². The highest BCUT2D eigenvalue weighted by atomic mass is 16.5. The molecule has 2 heterocycles. The van der Waals surface area contributed by atoms with Crippen LogP contribution in [0, 0.1) is 5.41 Å². The molecule has 2 aliphatic rings. The molecule has 0 spiro atoms. The normalized spacial score (nSPS) is 25.0. The highest BCUT2D eigenvalue weighted by molar-refractivity contribution is 6.38. The van der Waals surface area contributed by atoms with E-state index in [-0.39, 0.29) is 12.7 Å². The van der Waals surface area contributed by atoms with Gasteiger partial charge in [-0.15, -0.1) is 0 Å². The van der Waals surface area contributed by atoms with Gasteiger partial charge >= 0.3 is 5.97 Å². The molecule has 4 rings (SSSR count). The average Bonchev–Trinajstić information content (AvgIpc) is 3.01. The first-order valence-electron chi connectivity index (χ1n) is 15.7. The number of benzene rings is 2. The maximum atomic E-state index is 13.8. The molecule has 0 N–H and O–H groups in total. The molecule has 2 aromatic rings. The molecule has 1 saturated heterocycles. The molecule has 3 atom stereocenters. The highest BCUT2D eigenvalue weighted by Gasteiger charge is 2.42. The molecule has 1 fully saturated rings. The van der Waals surface area contributed by atoms with Crippen LogP contribution in [0.2, 0.25) is 0 Å². The molecule has 0 aromatic heterocycles. The Bertz CT molecular complexity index is 1180. The van der Waals surface area contributed by atoms with Crippen LogP contribution in [0.5, 0.6) is 5.75 Å². The van der Waals surface area contributed by atoms with Gasteiger partial charge in [0.2, 0.25) is 5.78 Å². The van der Waals surface area contributed by atoms with Crippen molar-refractivity contribution in [2.24, 2.45) is 5.41 Å². The SMILES string of the molecule is CC1CCCCCCOc2cccc(c2)[C@H](CCc2ccccc2)OC(=O)[C@@H]2CCCCN2C(=O)C(=O)C(C)(C)CO1. The monoisotopic (exact) mass is 577 g/mol. The van der Waals surface area contributed by atoms with Crippen LogP contribution in [-0.4, -0.2) is 54.5 Å². The first-order valence-corrected chi connectivity index (χ1v) is 15.7. The molecule has 7 heteroatoms. The van der Waals surface area contributed by atoms with Crippen LogP contribution < -0.4 is 4.74 Å². The number of hydrogen-bond donors (Lipinski definition) is 0. The van der Waals surface area contributed by atoms with Gasteiger partial charge in [-0.3, -0.25) is 9.59 Å². The molecular formula is C35H47NO6. The number of Topliss-reactive ketones (excluding diaryl/α,β-unsaturated/α-hetero) is 1. The Kier molecular flexibility index (Phi) is 11.6. The standard InChI is InChI=1S/C35H47NO6/c1-26-14-7-4-5-12-23-40-29-18-13-17-28(24-29)31(21-20-27-15-8-6-9-16-27)42-34(39)30-19-10-11-22-36(30)33(38)32(37)35(2,3)25-41-26/h6,8-9,13,15-18,24,26,30-31H,4-5,7,10-12,14,19-23,25H2,1-3H3/t26?,30-,31-/m0/s1. The van der Waals surface area contributed by atoms with Crippen molar-refractivity contribution in [3.63, 3.8) is 0 Å². The van der Waals surface area contributed by atoms with E-state index in [0.29, 0.717) is 26.0 Å². The van der Waals surface area contributed by atoms with Crippen molar-refractivity contribution >= 4 is 17.7 Å². The second-order valence-corrected chi connectivity index (χ2v) is 12.4. The number of hydrogen-bond acceptors (Lipinski definition) is 6. The number of cyclic esters (lactones) is 1. The maximum absolute atomic E-state index is 13.8. The molecular weight excluding hydrogens is 530 g/mol. The number of amides is 1. The molecule has 1 amide bonds. The molecule has 7 nitrogen and oxygen atoms in total. The number of fused-ring (bicyclic) bond motifs is 3. The number of carbonyl (C=O) groups excluding carboxylic acids is 3. The molecule has 42 heavy (non-hydrogen) atoms. The lowest BCUT2D eigenvalue weighted by molar-refractivity contribution is -0.165. The third-order valence-electron chi connectivity index (χ3n) is 8.37. The van der Waals surface area contributed by atoms with Crippen LogP contribution in [0.1, 0.15) is 95.8 Å². The summed E-state index contributed by atoms with van der Waals surface area (Å²) in [5, 5.41) is 0. The van der Waals surface area contributed by atoms with E-state index in [0.717, 1.165) is 68.2 Å². The topological polar surface area (TPSA) is 82.1 Å². The Morgan fingerprint density at radius 2 is 1.64 bits per heavy atom. The van der Waals surface area contributed by atoms with E-state index in [9.17, 15) is 14.4 Å². The second-order valence-electron chi connectivity index (χ2n) is 12.4. The number of aryl methyl sites for hydroxylation is 1. The van der Waals surface area contributed by atoms with Crippen molar-refractivity contribution in [3.8, 4) is 5.75 Å². The van der Waals surface area contributed by atoms with Crippen molar-refractivity contribution in [1.82, 2.24) is 4.90 Å². The summed E-state index contributed by atoms with van der Waals surface area (Å²) < 4.78 is 18.3. The summed E-state index contributed by atoms with van der Waals surface area (Å²) in [5.41, 5.74) is 1.02. The molecule has 0 aliphatic carbocycles. The third kappa shape index (κ3) is 8.90. The van der Waals surface area contributed by atoms with Gasteiger partial charge in [0.25, 0.3) is 5.91 Å². The van der Waals surface area contributed by atoms with Crippen LogP contribution >= 0.6 is 0 Å². The van der Waals surface area contributed by atoms with Crippen molar-refractivity contribution in [2.75, 3.05) is 19.8 Å². The number of nitrogens with zero attached hydrogens (tertiary/aromatic N) is 1. The lowest BCUT2D eigenvalue weighted by Gasteiger charge is -2.36. The number of ketones is 1. The van der Waals surface area contributed by atoms with Gasteiger partial charge in [-0.1, -0.05) is 75.6 Å². The zero-order valence-corrected chi connectivity index (χ0v) is 25.5. The molecule has 1 unspecified atom stereocenters. The summed E-state index contributed by atoms with van der Waals surface area (Å²) in [4.78, 5) is 42.2. The smallest absolute Gasteiger partial charge is 0.329 e. The number of rotatable bonds is 3. The minimum absolute atomic E-state index is 0.00851. The Morgan fingerprint density at radius 1 is 0.881 bits per heavy atom. The number of piperidine rings is 1. The predicted octanol–water partition coefficient (Wildman–Crippen LogP) is 6.63. The van der Waals surface area contributed by atoms with Gasteiger partial charge < -0.3 is 19.1 Å². The van der Waals surface area contributed by atoms with Gasteiger partial charge in [0, 0.05) is 6.54 Å². The van der Waals surface area contributed by atoms with Crippen LogP contribution in [0.3, 0.4) is 0 Å². The molecule has 228 valence electrons. The Morgan fingerprint density at radius 3 is 2.45 bits per heavy atom. The number of carbonyl (C=O) groups is 3. The summed E-state index contributed by atoms with van der Waals surface area (Å²) in [7, 11) is 0. The Balaban J connectivity index is 1.59. The predicted molar refractivity (Wildman–Crippen MR) is 162 cm³/mol. The van der Waals surface area contributed by atoms with E-state index in [1.54, 1.807) is 13.8 Å². The zero-order chi connectivity index (χ0) is 30.0. The molecule has 2 aromatic carbocycles. The van der Waals surface area contributed by atoms with Crippen molar-refractivity contribution in [3.05, 3.63) is 65.7 Å². The number of esters is 1. The lowest BCUT2D eigenvalue weighted by atomic mass is 9.87. The Hall–Kier alpha value is -3.19. The minimum atomic E-state index is -0.994. The third-order valence-corrected chi connectivity index (χ3v) is 8.37. The van der Waals surface area contributed by atoms with Crippen molar-refractivity contribution < 1.29 is 28.6 Å². The van der Waals surface area contributed by atoms with E-state index in [2.05, 4.69) is 12.1 Å². The fourth-order valence-electron chi connectivity index (χ4n) is 5.68. The summed E-state index contributed by atoms with van der Waals surface area (Å²) >= 11 is 0. The number of ether oxygens (including phenoxy) is 3. The summed E-state index contributed by atoms with van der Waals surface area (Å²) in [6, 6.07) is 17.1. The fraction of sp³-hybridized carbons (Fsp3) is 0.571. The van der Waals surface area contributed by atoms with Gasteiger partial charge in [0.15, 0.2) is 0 Å². The van der Waals surface area contributed by atoms with Crippen LogP contribution in [0.25, 0.3) is 0 Å². The summed E-state index contributed by atoms with van der Waals surface area (Å²) in [5.74, 6) is -0.858. The van der Waals surface area contributed by atoms with Gasteiger partial charge in [-0.25, -0.2) is 4.79 Å². The minimum Gasteiger partial charge on any atom is -0.494 e. The van der Waals surface area contributed by atoms with Crippen molar-refractivity contribution in [2.45, 2.75) is 103 Å². The van der Waals surface area contributed by atoms with E-state index >= 15 is 0 Å². The summed E-state index contributed by atoms with van der Waals surface area (Å²) in [6.45, 7) is 6.65. The van der Waals surface area contributed by atoms with Gasteiger partial charge in [0.1, 0.15) is 17.9 Å². The average molecular weight is 578 g/mol. The second kappa shape index (κ2) is 15.3. The quantitative estimate of drug-likeness (QED) is 0.301. The molecule has 2 bridgehead atoms. The van der Waals surface area contributed by atoms with E-state index in [1.807, 2.05) is 49.4 Å². The van der Waals surface area contributed by atoms with Gasteiger partial charge in [-0.2, -0.15) is 0 Å². The molecule has 0 radical (unpaired) electrons. The van der Waals surface area contributed by atoms with Crippen LogP contribution in [0.15, 0.2) is 54.6 Å². The van der Waals surface area contributed by atoms with Crippen LogP contribution in [0.4, 0.5) is 0 Å². The van der Waals surface area contributed by atoms with Gasteiger partial charge in [-0.05, 0) is 75.1 Å². The first kappa shape index (κ1) is 31.7. The fourth-order valence-corrected chi connectivity index (χ4v) is 5.68. The van der Waals surface area contributed by atoms with Crippen molar-refractivity contribution in [1.29, 1.82) is 0 Å². The van der Waals surface area contributed by atoms with Gasteiger partial charge in [0.05, 0.1) is 24.7 Å². The molecule has 2 aliphatic heterocycles. The van der Waals surface area contributed by atoms with E-state index in [4.69, 9.17) is 14.2 Å². The lowest BCUT2D eigenvalue weighted by Crippen LogP contribution is -2.53.